The van der Waals surface area contributed by atoms with E-state index in [4.69, 9.17) is 16.3 Å². The third-order valence-corrected chi connectivity index (χ3v) is 2.85. The van der Waals surface area contributed by atoms with Crippen LogP contribution in [0.5, 0.6) is 0 Å². The lowest BCUT2D eigenvalue weighted by molar-refractivity contribution is -0.129. The average Bonchev–Trinajstić information content (AvgIpc) is 3.09. The molecule has 1 aliphatic rings. The van der Waals surface area contributed by atoms with Crippen LogP contribution in [-0.2, 0) is 9.53 Å². The largest absolute Gasteiger partial charge is 0.370 e. The highest BCUT2D eigenvalue weighted by Gasteiger charge is 2.49. The van der Waals surface area contributed by atoms with Gasteiger partial charge in [-0.05, 0) is 12.8 Å². The first-order chi connectivity index (χ1) is 7.66. The minimum atomic E-state index is -0.549. The molecule has 1 fully saturated rings. The highest BCUT2D eigenvalue weighted by molar-refractivity contribution is 6.29. The molecule has 0 saturated heterocycles. The van der Waals surface area contributed by atoms with Crippen LogP contribution in [0.15, 0.2) is 12.4 Å². The highest BCUT2D eigenvalue weighted by atomic mass is 35.5. The molecule has 1 aromatic rings. The van der Waals surface area contributed by atoms with Crippen molar-refractivity contribution in [3.63, 3.8) is 0 Å². The quantitative estimate of drug-likeness (QED) is 0.842. The Balaban J connectivity index is 1.88. The van der Waals surface area contributed by atoms with Gasteiger partial charge in [0, 0.05) is 7.11 Å². The molecule has 1 saturated carbocycles. The first-order valence-electron chi connectivity index (χ1n) is 4.96. The highest BCUT2D eigenvalue weighted by Crippen LogP contribution is 2.39. The van der Waals surface area contributed by atoms with Gasteiger partial charge in [-0.15, -0.1) is 0 Å². The predicted molar refractivity (Wildman–Crippen MR) is 59.5 cm³/mol. The summed E-state index contributed by atoms with van der Waals surface area (Å²) in [6.45, 7) is 0.199. The molecule has 0 amide bonds. The van der Waals surface area contributed by atoms with E-state index in [0.717, 1.165) is 12.8 Å². The van der Waals surface area contributed by atoms with Gasteiger partial charge < -0.3 is 10.1 Å². The number of carbonyl (C=O) groups excluding carboxylic acids is 1. The van der Waals surface area contributed by atoms with Crippen molar-refractivity contribution in [1.29, 1.82) is 0 Å². The number of anilines is 1. The average molecular weight is 242 g/mol. The molecule has 16 heavy (non-hydrogen) atoms. The Labute approximate surface area is 98.2 Å². The number of ether oxygens (including phenoxy) is 1. The standard InChI is InChI=1S/C10H12ClN3O2/c1-16-10(2-3-10)7(15)4-13-9-6-12-8(11)5-14-9/h5-6H,2-4H2,1H3,(H,13,14). The Hall–Kier alpha value is -1.20. The summed E-state index contributed by atoms with van der Waals surface area (Å²) in [7, 11) is 1.56. The first kappa shape index (κ1) is 11.3. The third kappa shape index (κ3) is 2.31. The van der Waals surface area contributed by atoms with Gasteiger partial charge in [0.25, 0.3) is 0 Å². The summed E-state index contributed by atoms with van der Waals surface area (Å²) in [6, 6.07) is 0. The molecule has 5 nitrogen and oxygen atoms in total. The Bertz CT molecular complexity index is 390. The summed E-state index contributed by atoms with van der Waals surface area (Å²) in [6.07, 6.45) is 4.52. The fourth-order valence-electron chi connectivity index (χ4n) is 1.45. The predicted octanol–water partition coefficient (Wildman–Crippen LogP) is 1.29. The molecule has 1 aromatic heterocycles. The Morgan fingerprint density at radius 1 is 1.56 bits per heavy atom. The van der Waals surface area contributed by atoms with E-state index in [0.29, 0.717) is 11.0 Å². The van der Waals surface area contributed by atoms with Crippen molar-refractivity contribution in [1.82, 2.24) is 9.97 Å². The van der Waals surface area contributed by atoms with E-state index >= 15 is 0 Å². The molecular weight excluding hydrogens is 230 g/mol. The van der Waals surface area contributed by atoms with Crippen molar-refractivity contribution >= 4 is 23.2 Å². The zero-order valence-electron chi connectivity index (χ0n) is 8.86. The van der Waals surface area contributed by atoms with E-state index in [1.54, 1.807) is 7.11 Å². The number of nitrogens with zero attached hydrogens (tertiary/aromatic N) is 2. The number of halogens is 1. The van der Waals surface area contributed by atoms with Crippen molar-refractivity contribution < 1.29 is 9.53 Å². The smallest absolute Gasteiger partial charge is 0.183 e. The lowest BCUT2D eigenvalue weighted by Crippen LogP contribution is -2.31. The number of aromatic nitrogens is 2. The Kier molecular flexibility index (Phi) is 3.07. The van der Waals surface area contributed by atoms with Crippen molar-refractivity contribution in [3.05, 3.63) is 17.5 Å². The summed E-state index contributed by atoms with van der Waals surface area (Å²) >= 11 is 5.59. The number of hydrogen-bond acceptors (Lipinski definition) is 5. The van der Waals surface area contributed by atoms with Gasteiger partial charge in [0.15, 0.2) is 5.78 Å². The second kappa shape index (κ2) is 4.35. The maximum Gasteiger partial charge on any atom is 0.183 e. The molecule has 1 heterocycles. The lowest BCUT2D eigenvalue weighted by atomic mass is 10.2. The number of methoxy groups -OCH3 is 1. The van der Waals surface area contributed by atoms with Gasteiger partial charge in [0.1, 0.15) is 16.6 Å². The van der Waals surface area contributed by atoms with Crippen molar-refractivity contribution in [2.45, 2.75) is 18.4 Å². The molecule has 0 radical (unpaired) electrons. The number of Topliss-reactive ketones (excluding diaryl/α,β-unsaturated/α-hetero) is 1. The number of ketones is 1. The molecule has 0 unspecified atom stereocenters. The van der Waals surface area contributed by atoms with Crippen LogP contribution in [0.1, 0.15) is 12.8 Å². The van der Waals surface area contributed by atoms with Gasteiger partial charge >= 0.3 is 0 Å². The van der Waals surface area contributed by atoms with Gasteiger partial charge in [-0.3, -0.25) is 4.79 Å². The van der Waals surface area contributed by atoms with E-state index in [1.165, 1.54) is 12.4 Å². The molecule has 0 spiro atoms. The third-order valence-electron chi connectivity index (χ3n) is 2.65. The van der Waals surface area contributed by atoms with Crippen molar-refractivity contribution in [2.75, 3.05) is 19.0 Å². The van der Waals surface area contributed by atoms with Crippen LogP contribution in [0.2, 0.25) is 5.15 Å². The van der Waals surface area contributed by atoms with Gasteiger partial charge in [-0.25, -0.2) is 9.97 Å². The second-order valence-corrected chi connectivity index (χ2v) is 4.09. The van der Waals surface area contributed by atoms with Gasteiger partial charge in [-0.2, -0.15) is 0 Å². The number of rotatable bonds is 5. The molecule has 0 aliphatic heterocycles. The van der Waals surface area contributed by atoms with Gasteiger partial charge in [0.05, 0.1) is 18.9 Å². The molecule has 6 heteroatoms. The van der Waals surface area contributed by atoms with Crippen molar-refractivity contribution in [2.24, 2.45) is 0 Å². The summed E-state index contributed by atoms with van der Waals surface area (Å²) in [5.74, 6) is 0.580. The minimum Gasteiger partial charge on any atom is -0.370 e. The van der Waals surface area contributed by atoms with Crippen LogP contribution in [-0.4, -0.2) is 35.0 Å². The van der Waals surface area contributed by atoms with E-state index in [2.05, 4.69) is 15.3 Å². The van der Waals surface area contributed by atoms with Crippen LogP contribution in [0.4, 0.5) is 5.82 Å². The fourth-order valence-corrected chi connectivity index (χ4v) is 1.54. The molecule has 86 valence electrons. The van der Waals surface area contributed by atoms with E-state index in [-0.39, 0.29) is 12.3 Å². The molecule has 0 atom stereocenters. The van der Waals surface area contributed by atoms with Crippen LogP contribution in [0, 0.1) is 0 Å². The van der Waals surface area contributed by atoms with E-state index < -0.39 is 5.60 Å². The maximum absolute atomic E-state index is 11.7. The lowest BCUT2D eigenvalue weighted by Gasteiger charge is -2.12. The second-order valence-electron chi connectivity index (χ2n) is 3.70. The minimum absolute atomic E-state index is 0.0479. The monoisotopic (exact) mass is 241 g/mol. The summed E-state index contributed by atoms with van der Waals surface area (Å²) < 4.78 is 5.17. The van der Waals surface area contributed by atoms with Gasteiger partial charge in [0.2, 0.25) is 0 Å². The molecular formula is C10H12ClN3O2. The molecule has 1 aliphatic carbocycles. The zero-order chi connectivity index (χ0) is 11.6. The normalized spacial score (nSPS) is 16.9. The first-order valence-corrected chi connectivity index (χ1v) is 5.34. The maximum atomic E-state index is 11.7. The fraction of sp³-hybridized carbons (Fsp3) is 0.500. The Morgan fingerprint density at radius 3 is 2.81 bits per heavy atom. The summed E-state index contributed by atoms with van der Waals surface area (Å²) in [4.78, 5) is 19.6. The molecule has 0 aromatic carbocycles. The summed E-state index contributed by atoms with van der Waals surface area (Å²) in [5.41, 5.74) is -0.549. The number of nitrogens with one attached hydrogen (secondary N) is 1. The number of hydrogen-bond donors (Lipinski definition) is 1. The van der Waals surface area contributed by atoms with Crippen LogP contribution >= 0.6 is 11.6 Å². The van der Waals surface area contributed by atoms with Crippen LogP contribution in [0.3, 0.4) is 0 Å². The summed E-state index contributed by atoms with van der Waals surface area (Å²) in [5, 5.41) is 3.22. The van der Waals surface area contributed by atoms with Crippen LogP contribution < -0.4 is 5.32 Å². The molecule has 0 bridgehead atoms. The zero-order valence-corrected chi connectivity index (χ0v) is 9.62. The Morgan fingerprint density at radius 2 is 2.31 bits per heavy atom. The number of carbonyl (C=O) groups is 1. The van der Waals surface area contributed by atoms with E-state index in [1.807, 2.05) is 0 Å². The van der Waals surface area contributed by atoms with Crippen molar-refractivity contribution in [3.8, 4) is 0 Å². The van der Waals surface area contributed by atoms with Gasteiger partial charge in [-0.1, -0.05) is 11.6 Å². The van der Waals surface area contributed by atoms with Crippen LogP contribution in [0.25, 0.3) is 0 Å². The topological polar surface area (TPSA) is 64.1 Å². The molecule has 1 N–H and O–H groups in total. The molecule has 2 rings (SSSR count). The SMILES string of the molecule is COC1(C(=O)CNc2cnc(Cl)cn2)CC1. The van der Waals surface area contributed by atoms with E-state index in [9.17, 15) is 4.79 Å².